The molecular weight excluding hydrogens is 899 g/mol. The quantitative estimate of drug-likeness (QED) is 0.0320. The van der Waals surface area contributed by atoms with Gasteiger partial charge in [-0.25, -0.2) is 0 Å². The third-order valence-electron chi connectivity index (χ3n) is 15.5. The maximum absolute atomic E-state index is 12.4. The summed E-state index contributed by atoms with van der Waals surface area (Å²) in [6.45, 7) is 4.91. The summed E-state index contributed by atoms with van der Waals surface area (Å²) >= 11 is 0. The summed E-state index contributed by atoms with van der Waals surface area (Å²) in [6.07, 6.45) is 78.3. The van der Waals surface area contributed by atoms with E-state index in [1.807, 2.05) is 6.08 Å². The summed E-state index contributed by atoms with van der Waals surface area (Å²) < 4.78 is 5.49. The maximum atomic E-state index is 12.4. The van der Waals surface area contributed by atoms with Gasteiger partial charge in [0.15, 0.2) is 0 Å². The Morgan fingerprint density at radius 3 is 0.973 bits per heavy atom. The highest BCUT2D eigenvalue weighted by Crippen LogP contribution is 2.18. The minimum atomic E-state index is -0.840. The van der Waals surface area contributed by atoms with Crippen LogP contribution in [0.15, 0.2) is 24.3 Å². The number of amides is 1. The first-order valence-corrected chi connectivity index (χ1v) is 33.1. The first-order chi connectivity index (χ1) is 36.0. The largest absolute Gasteiger partial charge is 0.466 e. The minimum Gasteiger partial charge on any atom is -0.466 e. The summed E-state index contributed by atoms with van der Waals surface area (Å²) in [6, 6.07) is -0.624. The van der Waals surface area contributed by atoms with Gasteiger partial charge in [-0.2, -0.15) is 0 Å². The predicted molar refractivity (Wildman–Crippen MR) is 320 cm³/mol. The van der Waals surface area contributed by atoms with Gasteiger partial charge in [0, 0.05) is 12.8 Å². The van der Waals surface area contributed by atoms with Crippen molar-refractivity contribution in [1.29, 1.82) is 0 Å². The van der Waals surface area contributed by atoms with E-state index in [-0.39, 0.29) is 18.5 Å². The average molecular weight is 1030 g/mol. The lowest BCUT2D eigenvalue weighted by molar-refractivity contribution is -0.143. The standard InChI is InChI=1S/C67H129NO5/c1-3-5-7-9-11-13-15-36-41-45-49-53-57-61-67(72)73-62-58-54-50-46-42-38-35-33-31-29-27-25-23-21-19-17-16-18-20-22-24-26-28-30-32-34-37-40-44-48-52-56-60-66(71)68-64(63-69)65(70)59-55-51-47-43-39-14-12-10-8-6-4-2/h19,21,55,59,64-65,69-70H,3-18,20,22-54,56-58,60-63H2,1-2H3,(H,68,71)/b21-19-,59-55+. The zero-order valence-corrected chi connectivity index (χ0v) is 49.4. The van der Waals surface area contributed by atoms with Crippen molar-refractivity contribution in [3.8, 4) is 0 Å². The van der Waals surface area contributed by atoms with Crippen LogP contribution in [-0.2, 0) is 14.3 Å². The van der Waals surface area contributed by atoms with Crippen LogP contribution in [0.3, 0.4) is 0 Å². The van der Waals surface area contributed by atoms with Crippen molar-refractivity contribution in [2.75, 3.05) is 13.2 Å². The second-order valence-electron chi connectivity index (χ2n) is 22.8. The Balaban J connectivity index is 3.34. The summed E-state index contributed by atoms with van der Waals surface area (Å²) in [5.41, 5.74) is 0. The lowest BCUT2D eigenvalue weighted by Gasteiger charge is -2.20. The molecule has 0 aromatic rings. The number of rotatable bonds is 62. The second-order valence-corrected chi connectivity index (χ2v) is 22.8. The van der Waals surface area contributed by atoms with Crippen LogP contribution in [0.1, 0.15) is 367 Å². The van der Waals surface area contributed by atoms with E-state index in [0.717, 1.165) is 38.5 Å². The molecule has 2 atom stereocenters. The molecule has 3 N–H and O–H groups in total. The van der Waals surface area contributed by atoms with Crippen molar-refractivity contribution in [3.05, 3.63) is 24.3 Å². The van der Waals surface area contributed by atoms with Crippen molar-refractivity contribution in [3.63, 3.8) is 0 Å². The highest BCUT2D eigenvalue weighted by atomic mass is 16.5. The van der Waals surface area contributed by atoms with E-state index >= 15 is 0 Å². The number of hydrogen-bond donors (Lipinski definition) is 3. The lowest BCUT2D eigenvalue weighted by atomic mass is 10.0. The number of aliphatic hydroxyl groups excluding tert-OH is 2. The molecule has 0 rings (SSSR count). The third-order valence-corrected chi connectivity index (χ3v) is 15.5. The van der Waals surface area contributed by atoms with Crippen molar-refractivity contribution in [2.45, 2.75) is 379 Å². The van der Waals surface area contributed by atoms with E-state index in [4.69, 9.17) is 4.74 Å². The lowest BCUT2D eigenvalue weighted by Crippen LogP contribution is -2.45. The van der Waals surface area contributed by atoms with Crippen molar-refractivity contribution in [2.24, 2.45) is 0 Å². The van der Waals surface area contributed by atoms with Gasteiger partial charge in [-0.15, -0.1) is 0 Å². The Morgan fingerprint density at radius 1 is 0.370 bits per heavy atom. The normalized spacial score (nSPS) is 12.7. The Hall–Kier alpha value is -1.66. The molecule has 0 bridgehead atoms. The SMILES string of the molecule is CCCCCCCCCCC/C=C/C(O)C(CO)NC(=O)CCCCCCCCCCCCCCCCCC/C=C\CCCCCCCCCCCCCCOC(=O)CCCCCCCCCCCCCCC. The van der Waals surface area contributed by atoms with Gasteiger partial charge in [0.2, 0.25) is 5.91 Å². The summed E-state index contributed by atoms with van der Waals surface area (Å²) in [5.74, 6) is -0.0455. The van der Waals surface area contributed by atoms with E-state index in [0.29, 0.717) is 19.4 Å². The van der Waals surface area contributed by atoms with Gasteiger partial charge in [-0.3, -0.25) is 9.59 Å². The number of allylic oxidation sites excluding steroid dienone is 3. The Kier molecular flexibility index (Phi) is 61.4. The minimum absolute atomic E-state index is 0.0198. The van der Waals surface area contributed by atoms with Gasteiger partial charge in [-0.05, 0) is 57.8 Å². The van der Waals surface area contributed by atoms with E-state index in [2.05, 4.69) is 31.3 Å². The fourth-order valence-electron chi connectivity index (χ4n) is 10.4. The van der Waals surface area contributed by atoms with E-state index in [9.17, 15) is 19.8 Å². The fraction of sp³-hybridized carbons (Fsp3) is 0.910. The molecule has 0 spiro atoms. The molecule has 6 heteroatoms. The van der Waals surface area contributed by atoms with Crippen LogP contribution >= 0.6 is 0 Å². The number of aliphatic hydroxyl groups is 2. The van der Waals surface area contributed by atoms with E-state index < -0.39 is 12.1 Å². The second kappa shape index (κ2) is 62.9. The zero-order valence-electron chi connectivity index (χ0n) is 49.4. The molecule has 0 aliphatic carbocycles. The molecule has 0 saturated heterocycles. The molecule has 432 valence electrons. The van der Waals surface area contributed by atoms with Crippen molar-refractivity contribution in [1.82, 2.24) is 5.32 Å². The fourth-order valence-corrected chi connectivity index (χ4v) is 10.4. The molecule has 0 aliphatic heterocycles. The van der Waals surface area contributed by atoms with Crippen LogP contribution in [0, 0.1) is 0 Å². The average Bonchev–Trinajstić information content (AvgIpc) is 3.39. The van der Waals surface area contributed by atoms with Gasteiger partial charge >= 0.3 is 5.97 Å². The van der Waals surface area contributed by atoms with Crippen LogP contribution in [0.2, 0.25) is 0 Å². The number of esters is 1. The number of carbonyl (C=O) groups is 2. The smallest absolute Gasteiger partial charge is 0.305 e. The Labute approximate surface area is 456 Å². The topological polar surface area (TPSA) is 95.9 Å². The Bertz CT molecular complexity index is 1140. The molecule has 1 amide bonds. The third kappa shape index (κ3) is 59.4. The predicted octanol–water partition coefficient (Wildman–Crippen LogP) is 21.0. The summed E-state index contributed by atoms with van der Waals surface area (Å²) in [4.78, 5) is 24.5. The van der Waals surface area contributed by atoms with Crippen LogP contribution in [-0.4, -0.2) is 47.4 Å². The summed E-state index contributed by atoms with van der Waals surface area (Å²) in [5, 5.41) is 23.0. The molecule has 2 unspecified atom stereocenters. The van der Waals surface area contributed by atoms with E-state index in [1.54, 1.807) is 6.08 Å². The highest BCUT2D eigenvalue weighted by molar-refractivity contribution is 5.76. The maximum Gasteiger partial charge on any atom is 0.305 e. The molecular formula is C67H129NO5. The van der Waals surface area contributed by atoms with Gasteiger partial charge in [0.1, 0.15) is 0 Å². The molecule has 0 aromatic heterocycles. The van der Waals surface area contributed by atoms with Crippen LogP contribution in [0.4, 0.5) is 0 Å². The molecule has 6 nitrogen and oxygen atoms in total. The molecule has 0 radical (unpaired) electrons. The molecule has 73 heavy (non-hydrogen) atoms. The van der Waals surface area contributed by atoms with Crippen molar-refractivity contribution >= 4 is 11.9 Å². The van der Waals surface area contributed by atoms with E-state index in [1.165, 1.54) is 302 Å². The van der Waals surface area contributed by atoms with Gasteiger partial charge in [0.05, 0.1) is 25.4 Å². The van der Waals surface area contributed by atoms with Gasteiger partial charge in [-0.1, -0.05) is 321 Å². The molecule has 0 aromatic carbocycles. The number of nitrogens with one attached hydrogen (secondary N) is 1. The first kappa shape index (κ1) is 71.3. The monoisotopic (exact) mass is 1030 g/mol. The first-order valence-electron chi connectivity index (χ1n) is 33.1. The highest BCUT2D eigenvalue weighted by Gasteiger charge is 2.18. The molecule has 0 saturated carbocycles. The number of hydrogen-bond acceptors (Lipinski definition) is 5. The number of carbonyl (C=O) groups excluding carboxylic acids is 2. The number of ether oxygens (including phenoxy) is 1. The van der Waals surface area contributed by atoms with Gasteiger partial charge in [0.25, 0.3) is 0 Å². The molecule has 0 fully saturated rings. The van der Waals surface area contributed by atoms with Crippen LogP contribution in [0.5, 0.6) is 0 Å². The van der Waals surface area contributed by atoms with Gasteiger partial charge < -0.3 is 20.3 Å². The Morgan fingerprint density at radius 2 is 0.644 bits per heavy atom. The molecule has 0 aliphatic rings. The van der Waals surface area contributed by atoms with Crippen LogP contribution < -0.4 is 5.32 Å². The zero-order chi connectivity index (χ0) is 52.9. The number of unbranched alkanes of at least 4 members (excludes halogenated alkanes) is 49. The van der Waals surface area contributed by atoms with Crippen molar-refractivity contribution < 1.29 is 24.5 Å². The molecule has 0 heterocycles. The summed E-state index contributed by atoms with van der Waals surface area (Å²) in [7, 11) is 0. The van der Waals surface area contributed by atoms with Crippen LogP contribution in [0.25, 0.3) is 0 Å².